The van der Waals surface area contributed by atoms with Crippen LogP contribution in [-0.4, -0.2) is 12.5 Å². The lowest BCUT2D eigenvalue weighted by Crippen LogP contribution is -2.31. The Bertz CT molecular complexity index is 713. The molecule has 23 heavy (non-hydrogen) atoms. The van der Waals surface area contributed by atoms with E-state index in [4.69, 9.17) is 4.74 Å². The molecule has 1 atom stereocenters. The number of ether oxygens (including phenoxy) is 1. The van der Waals surface area contributed by atoms with Crippen LogP contribution in [0.1, 0.15) is 35.2 Å². The Labute approximate surface area is 146 Å². The highest BCUT2D eigenvalue weighted by Crippen LogP contribution is 2.21. The summed E-state index contributed by atoms with van der Waals surface area (Å²) >= 11 is 3.44. The van der Waals surface area contributed by atoms with E-state index in [9.17, 15) is 4.79 Å². The number of halogens is 1. The van der Waals surface area contributed by atoms with E-state index in [1.807, 2.05) is 38.1 Å². The highest BCUT2D eigenvalue weighted by atomic mass is 79.9. The average Bonchev–Trinajstić information content (AvgIpc) is 2.51. The van der Waals surface area contributed by atoms with E-state index < -0.39 is 0 Å². The first kappa shape index (κ1) is 17.5. The zero-order valence-corrected chi connectivity index (χ0v) is 15.5. The Morgan fingerprint density at radius 2 is 1.83 bits per heavy atom. The molecule has 0 bridgehead atoms. The van der Waals surface area contributed by atoms with Crippen molar-refractivity contribution in [3.8, 4) is 5.75 Å². The zero-order chi connectivity index (χ0) is 17.0. The summed E-state index contributed by atoms with van der Waals surface area (Å²) in [7, 11) is 0. The van der Waals surface area contributed by atoms with Gasteiger partial charge >= 0.3 is 0 Å². The molecular formula is C19H22BrNO2. The molecule has 0 aromatic heterocycles. The fourth-order valence-electron chi connectivity index (χ4n) is 2.26. The molecule has 122 valence electrons. The van der Waals surface area contributed by atoms with Gasteiger partial charge in [0, 0.05) is 4.47 Å². The maximum absolute atomic E-state index is 12.1. The number of carbonyl (C=O) groups is 1. The van der Waals surface area contributed by atoms with Crippen LogP contribution in [0.4, 0.5) is 0 Å². The Morgan fingerprint density at radius 3 is 2.48 bits per heavy atom. The van der Waals surface area contributed by atoms with E-state index in [-0.39, 0.29) is 18.6 Å². The van der Waals surface area contributed by atoms with E-state index in [1.54, 1.807) is 0 Å². The van der Waals surface area contributed by atoms with E-state index >= 15 is 0 Å². The Hall–Kier alpha value is -1.81. The van der Waals surface area contributed by atoms with Crippen molar-refractivity contribution in [2.24, 2.45) is 0 Å². The summed E-state index contributed by atoms with van der Waals surface area (Å²) in [5.74, 6) is 0.566. The SMILES string of the molecule is Cc1ccc([C@@H](C)NC(=O)COc2ccc(Br)c(C)c2)cc1C. The molecular weight excluding hydrogens is 354 g/mol. The van der Waals surface area contributed by atoms with Gasteiger partial charge in [-0.25, -0.2) is 0 Å². The van der Waals surface area contributed by atoms with Gasteiger partial charge in [0.15, 0.2) is 6.61 Å². The fraction of sp³-hybridized carbons (Fsp3) is 0.316. The largest absolute Gasteiger partial charge is 0.484 e. The van der Waals surface area contributed by atoms with Crippen molar-refractivity contribution in [2.45, 2.75) is 33.7 Å². The standard InChI is InChI=1S/C19H22BrNO2/c1-12-5-6-16(9-13(12)2)15(4)21-19(22)11-23-17-7-8-18(20)14(3)10-17/h5-10,15H,11H2,1-4H3,(H,21,22)/t15-/m1/s1. The van der Waals surface area contributed by atoms with Crippen LogP contribution < -0.4 is 10.1 Å². The predicted octanol–water partition coefficient (Wildman–Crippen LogP) is 4.63. The van der Waals surface area contributed by atoms with Gasteiger partial charge in [-0.3, -0.25) is 4.79 Å². The lowest BCUT2D eigenvalue weighted by atomic mass is 10.0. The Kier molecular flexibility index (Phi) is 5.83. The number of nitrogens with one attached hydrogen (secondary N) is 1. The van der Waals surface area contributed by atoms with Crippen LogP contribution in [0.3, 0.4) is 0 Å². The van der Waals surface area contributed by atoms with Crippen molar-refractivity contribution in [1.29, 1.82) is 0 Å². The van der Waals surface area contributed by atoms with Crippen molar-refractivity contribution in [2.75, 3.05) is 6.61 Å². The topological polar surface area (TPSA) is 38.3 Å². The second-order valence-corrected chi connectivity index (χ2v) is 6.69. The van der Waals surface area contributed by atoms with Gasteiger partial charge in [0.1, 0.15) is 5.75 Å². The van der Waals surface area contributed by atoms with Gasteiger partial charge in [0.2, 0.25) is 0 Å². The molecule has 1 N–H and O–H groups in total. The van der Waals surface area contributed by atoms with Crippen LogP contribution in [-0.2, 0) is 4.79 Å². The van der Waals surface area contributed by atoms with Crippen LogP contribution in [0, 0.1) is 20.8 Å². The molecule has 2 aromatic rings. The third kappa shape index (κ3) is 4.83. The molecule has 1 amide bonds. The number of carbonyl (C=O) groups excluding carboxylic acids is 1. The number of aryl methyl sites for hydroxylation is 3. The molecule has 2 rings (SSSR count). The molecule has 0 aliphatic carbocycles. The molecule has 0 aliphatic heterocycles. The molecule has 0 radical (unpaired) electrons. The number of amides is 1. The summed E-state index contributed by atoms with van der Waals surface area (Å²) in [5, 5.41) is 2.97. The van der Waals surface area contributed by atoms with E-state index in [1.165, 1.54) is 11.1 Å². The van der Waals surface area contributed by atoms with Crippen LogP contribution in [0.5, 0.6) is 5.75 Å². The summed E-state index contributed by atoms with van der Waals surface area (Å²) < 4.78 is 6.58. The van der Waals surface area contributed by atoms with Crippen molar-refractivity contribution >= 4 is 21.8 Å². The third-order valence-corrected chi connectivity index (χ3v) is 4.80. The minimum Gasteiger partial charge on any atom is -0.484 e. The quantitative estimate of drug-likeness (QED) is 0.826. The molecule has 0 saturated carbocycles. The van der Waals surface area contributed by atoms with Gasteiger partial charge in [-0.2, -0.15) is 0 Å². The maximum Gasteiger partial charge on any atom is 0.258 e. The molecule has 0 spiro atoms. The molecule has 3 nitrogen and oxygen atoms in total. The van der Waals surface area contributed by atoms with Crippen LogP contribution in [0.25, 0.3) is 0 Å². The zero-order valence-electron chi connectivity index (χ0n) is 13.9. The van der Waals surface area contributed by atoms with Crippen LogP contribution in [0.2, 0.25) is 0 Å². The second-order valence-electron chi connectivity index (χ2n) is 5.83. The van der Waals surface area contributed by atoms with Crippen molar-refractivity contribution < 1.29 is 9.53 Å². The van der Waals surface area contributed by atoms with E-state index in [0.29, 0.717) is 5.75 Å². The third-order valence-electron chi connectivity index (χ3n) is 3.91. The van der Waals surface area contributed by atoms with Crippen molar-refractivity contribution in [1.82, 2.24) is 5.32 Å². The highest BCUT2D eigenvalue weighted by molar-refractivity contribution is 9.10. The number of rotatable bonds is 5. The lowest BCUT2D eigenvalue weighted by molar-refractivity contribution is -0.123. The molecule has 0 fully saturated rings. The first-order valence-electron chi connectivity index (χ1n) is 7.62. The van der Waals surface area contributed by atoms with Gasteiger partial charge in [-0.1, -0.05) is 34.1 Å². The highest BCUT2D eigenvalue weighted by Gasteiger charge is 2.11. The number of hydrogen-bond acceptors (Lipinski definition) is 2. The van der Waals surface area contributed by atoms with Gasteiger partial charge < -0.3 is 10.1 Å². The minimum atomic E-state index is -0.128. The monoisotopic (exact) mass is 375 g/mol. The van der Waals surface area contributed by atoms with Gasteiger partial charge in [0.05, 0.1) is 6.04 Å². The predicted molar refractivity (Wildman–Crippen MR) is 96.8 cm³/mol. The van der Waals surface area contributed by atoms with Gasteiger partial charge in [-0.05, 0) is 68.1 Å². The molecule has 2 aromatic carbocycles. The molecule has 0 unspecified atom stereocenters. The number of benzene rings is 2. The Morgan fingerprint density at radius 1 is 1.09 bits per heavy atom. The van der Waals surface area contributed by atoms with E-state index in [2.05, 4.69) is 47.2 Å². The summed E-state index contributed by atoms with van der Waals surface area (Å²) in [5.41, 5.74) is 4.65. The smallest absolute Gasteiger partial charge is 0.258 e. The molecule has 0 saturated heterocycles. The first-order valence-corrected chi connectivity index (χ1v) is 8.41. The summed E-state index contributed by atoms with van der Waals surface area (Å²) in [6.45, 7) is 8.13. The molecule has 4 heteroatoms. The summed E-state index contributed by atoms with van der Waals surface area (Å²) in [6.07, 6.45) is 0. The molecule has 0 heterocycles. The van der Waals surface area contributed by atoms with Crippen LogP contribution >= 0.6 is 15.9 Å². The summed E-state index contributed by atoms with van der Waals surface area (Å²) in [6, 6.07) is 11.9. The van der Waals surface area contributed by atoms with E-state index in [0.717, 1.165) is 15.6 Å². The number of hydrogen-bond donors (Lipinski definition) is 1. The average molecular weight is 376 g/mol. The van der Waals surface area contributed by atoms with Crippen molar-refractivity contribution in [3.05, 3.63) is 63.1 Å². The fourth-order valence-corrected chi connectivity index (χ4v) is 2.50. The van der Waals surface area contributed by atoms with Gasteiger partial charge in [0.25, 0.3) is 5.91 Å². The second kappa shape index (κ2) is 7.64. The van der Waals surface area contributed by atoms with Crippen LogP contribution in [0.15, 0.2) is 40.9 Å². The lowest BCUT2D eigenvalue weighted by Gasteiger charge is -2.16. The minimum absolute atomic E-state index is 0.0102. The van der Waals surface area contributed by atoms with Gasteiger partial charge in [-0.15, -0.1) is 0 Å². The molecule has 0 aliphatic rings. The normalized spacial score (nSPS) is 11.9. The Balaban J connectivity index is 1.90. The first-order chi connectivity index (χ1) is 10.9. The maximum atomic E-state index is 12.1. The van der Waals surface area contributed by atoms with Crippen molar-refractivity contribution in [3.63, 3.8) is 0 Å². The summed E-state index contributed by atoms with van der Waals surface area (Å²) in [4.78, 5) is 12.1.